The van der Waals surface area contributed by atoms with E-state index in [1.165, 1.54) is 5.56 Å². The van der Waals surface area contributed by atoms with Gasteiger partial charge in [-0.1, -0.05) is 30.3 Å². The molecule has 0 spiro atoms. The van der Waals surface area contributed by atoms with Crippen molar-refractivity contribution in [2.75, 3.05) is 13.1 Å². The van der Waals surface area contributed by atoms with E-state index in [0.29, 0.717) is 0 Å². The van der Waals surface area contributed by atoms with E-state index in [4.69, 9.17) is 0 Å². The van der Waals surface area contributed by atoms with Crippen molar-refractivity contribution in [3.63, 3.8) is 0 Å². The summed E-state index contributed by atoms with van der Waals surface area (Å²) < 4.78 is 5.56. The fourth-order valence-corrected chi connectivity index (χ4v) is 2.01. The van der Waals surface area contributed by atoms with Crippen LogP contribution in [0.3, 0.4) is 0 Å². The summed E-state index contributed by atoms with van der Waals surface area (Å²) in [5.41, 5.74) is 1.38. The molecule has 1 aromatic carbocycles. The molecule has 1 saturated heterocycles. The van der Waals surface area contributed by atoms with Gasteiger partial charge in [-0.15, -0.1) is 0 Å². The van der Waals surface area contributed by atoms with Crippen LogP contribution >= 0.6 is 12.1 Å². The average molecular weight is 180 g/mol. The molecule has 0 aromatic heterocycles. The van der Waals surface area contributed by atoms with E-state index in [1.807, 2.05) is 0 Å². The quantitative estimate of drug-likeness (QED) is 0.697. The molecule has 0 unspecified atom stereocenters. The van der Waals surface area contributed by atoms with Crippen molar-refractivity contribution in [1.82, 2.24) is 9.03 Å². The SMILES string of the molecule is c1ccc(CN2CCNS2)cc1. The zero-order valence-electron chi connectivity index (χ0n) is 6.86. The van der Waals surface area contributed by atoms with Crippen molar-refractivity contribution in [2.24, 2.45) is 0 Å². The summed E-state index contributed by atoms with van der Waals surface area (Å²) in [4.78, 5) is 0. The Kier molecular flexibility index (Phi) is 2.66. The molecule has 2 rings (SSSR count). The lowest BCUT2D eigenvalue weighted by molar-refractivity contribution is 0.503. The van der Waals surface area contributed by atoms with E-state index in [-0.39, 0.29) is 0 Å². The molecule has 0 bridgehead atoms. The summed E-state index contributed by atoms with van der Waals surface area (Å²) in [6.07, 6.45) is 0. The Morgan fingerprint density at radius 2 is 2.17 bits per heavy atom. The predicted octanol–water partition coefficient (Wildman–Crippen LogP) is 1.65. The largest absolute Gasteiger partial charge is 0.249 e. The van der Waals surface area contributed by atoms with Gasteiger partial charge in [0.15, 0.2) is 0 Å². The predicted molar refractivity (Wildman–Crippen MR) is 52.4 cm³/mol. The Hall–Kier alpha value is -0.510. The minimum atomic E-state index is 1.04. The molecular weight excluding hydrogens is 168 g/mol. The fourth-order valence-electron chi connectivity index (χ4n) is 1.25. The van der Waals surface area contributed by atoms with Gasteiger partial charge in [0.1, 0.15) is 0 Å². The van der Waals surface area contributed by atoms with Gasteiger partial charge in [0, 0.05) is 31.8 Å². The van der Waals surface area contributed by atoms with E-state index < -0.39 is 0 Å². The van der Waals surface area contributed by atoms with Gasteiger partial charge in [-0.25, -0.2) is 9.03 Å². The van der Waals surface area contributed by atoms with Crippen molar-refractivity contribution >= 4 is 12.1 Å². The summed E-state index contributed by atoms with van der Waals surface area (Å²) in [6, 6.07) is 10.6. The van der Waals surface area contributed by atoms with Crippen LogP contribution in [0.4, 0.5) is 0 Å². The third kappa shape index (κ3) is 2.00. The lowest BCUT2D eigenvalue weighted by atomic mass is 10.2. The Morgan fingerprint density at radius 3 is 2.83 bits per heavy atom. The third-order valence-corrected chi connectivity index (χ3v) is 2.76. The second kappa shape index (κ2) is 3.94. The lowest BCUT2D eigenvalue weighted by Crippen LogP contribution is -2.11. The van der Waals surface area contributed by atoms with Gasteiger partial charge in [0.25, 0.3) is 0 Å². The summed E-state index contributed by atoms with van der Waals surface area (Å²) in [6.45, 7) is 3.27. The summed E-state index contributed by atoms with van der Waals surface area (Å²) in [5, 5.41) is 0. The molecule has 2 nitrogen and oxygen atoms in total. The highest BCUT2D eigenvalue weighted by molar-refractivity contribution is 7.95. The van der Waals surface area contributed by atoms with Crippen LogP contribution in [0.15, 0.2) is 30.3 Å². The minimum absolute atomic E-state index is 1.04. The monoisotopic (exact) mass is 180 g/mol. The number of rotatable bonds is 2. The maximum absolute atomic E-state index is 3.24. The molecule has 1 aromatic rings. The fraction of sp³-hybridized carbons (Fsp3) is 0.333. The first-order valence-corrected chi connectivity index (χ1v) is 4.91. The van der Waals surface area contributed by atoms with E-state index in [9.17, 15) is 0 Å². The second-order valence-electron chi connectivity index (χ2n) is 2.83. The van der Waals surface area contributed by atoms with Crippen LogP contribution in [0.1, 0.15) is 5.56 Å². The summed E-state index contributed by atoms with van der Waals surface area (Å²) >= 11 is 1.72. The van der Waals surface area contributed by atoms with Crippen molar-refractivity contribution in [2.45, 2.75) is 6.54 Å². The van der Waals surface area contributed by atoms with Crippen LogP contribution in [0, 0.1) is 0 Å². The maximum atomic E-state index is 3.24. The number of hydrogen-bond acceptors (Lipinski definition) is 3. The molecule has 1 heterocycles. The van der Waals surface area contributed by atoms with Crippen molar-refractivity contribution in [3.05, 3.63) is 35.9 Å². The molecule has 0 radical (unpaired) electrons. The van der Waals surface area contributed by atoms with E-state index in [0.717, 1.165) is 19.6 Å². The van der Waals surface area contributed by atoms with Crippen LogP contribution in [0.25, 0.3) is 0 Å². The van der Waals surface area contributed by atoms with Crippen molar-refractivity contribution in [3.8, 4) is 0 Å². The molecule has 64 valence electrons. The standard InChI is InChI=1S/C9H12N2S/c1-2-4-9(5-3-1)8-11-7-6-10-12-11/h1-5,10H,6-8H2. The van der Waals surface area contributed by atoms with Gasteiger partial charge < -0.3 is 0 Å². The van der Waals surface area contributed by atoms with Gasteiger partial charge in [0.2, 0.25) is 0 Å². The van der Waals surface area contributed by atoms with Crippen molar-refractivity contribution < 1.29 is 0 Å². The molecule has 1 aliphatic heterocycles. The molecule has 1 N–H and O–H groups in total. The zero-order valence-corrected chi connectivity index (χ0v) is 7.68. The van der Waals surface area contributed by atoms with Crippen LogP contribution < -0.4 is 4.72 Å². The van der Waals surface area contributed by atoms with Crippen LogP contribution in [0.5, 0.6) is 0 Å². The first kappa shape index (κ1) is 8.10. The lowest BCUT2D eigenvalue weighted by Gasteiger charge is -2.11. The Labute approximate surface area is 77.2 Å². The Bertz CT molecular complexity index is 232. The van der Waals surface area contributed by atoms with Gasteiger partial charge in [0.05, 0.1) is 0 Å². The zero-order chi connectivity index (χ0) is 8.23. The normalized spacial score (nSPS) is 18.3. The van der Waals surface area contributed by atoms with E-state index in [1.54, 1.807) is 12.1 Å². The summed E-state index contributed by atoms with van der Waals surface area (Å²) in [7, 11) is 0. The van der Waals surface area contributed by atoms with Crippen LogP contribution in [0.2, 0.25) is 0 Å². The first-order chi connectivity index (χ1) is 5.95. The molecule has 0 atom stereocenters. The van der Waals surface area contributed by atoms with E-state index >= 15 is 0 Å². The smallest absolute Gasteiger partial charge is 0.0353 e. The van der Waals surface area contributed by atoms with Gasteiger partial charge in [-0.2, -0.15) is 0 Å². The molecule has 12 heavy (non-hydrogen) atoms. The Balaban J connectivity index is 1.94. The van der Waals surface area contributed by atoms with E-state index in [2.05, 4.69) is 39.4 Å². The molecule has 0 saturated carbocycles. The molecule has 1 aliphatic rings. The highest BCUT2D eigenvalue weighted by Crippen LogP contribution is 2.15. The van der Waals surface area contributed by atoms with Gasteiger partial charge in [-0.3, -0.25) is 0 Å². The van der Waals surface area contributed by atoms with Gasteiger partial charge in [-0.05, 0) is 5.56 Å². The number of nitrogens with zero attached hydrogens (tertiary/aromatic N) is 1. The summed E-state index contributed by atoms with van der Waals surface area (Å²) in [5.74, 6) is 0. The average Bonchev–Trinajstić information content (AvgIpc) is 2.59. The Morgan fingerprint density at radius 1 is 1.33 bits per heavy atom. The number of hydrogen-bond donors (Lipinski definition) is 1. The van der Waals surface area contributed by atoms with Crippen LogP contribution in [-0.2, 0) is 6.54 Å². The minimum Gasteiger partial charge on any atom is -0.249 e. The highest BCUT2D eigenvalue weighted by Gasteiger charge is 2.11. The number of nitrogens with one attached hydrogen (secondary N) is 1. The molecule has 1 fully saturated rings. The third-order valence-electron chi connectivity index (χ3n) is 1.86. The molecule has 0 aliphatic carbocycles. The maximum Gasteiger partial charge on any atom is 0.0353 e. The molecule has 3 heteroatoms. The molecular formula is C9H12N2S. The second-order valence-corrected chi connectivity index (χ2v) is 3.82. The van der Waals surface area contributed by atoms with Gasteiger partial charge >= 0.3 is 0 Å². The first-order valence-electron chi connectivity index (χ1n) is 4.14. The van der Waals surface area contributed by atoms with Crippen LogP contribution in [-0.4, -0.2) is 17.4 Å². The highest BCUT2D eigenvalue weighted by atomic mass is 32.2. The topological polar surface area (TPSA) is 15.3 Å². The molecule has 0 amide bonds. The van der Waals surface area contributed by atoms with Crippen molar-refractivity contribution in [1.29, 1.82) is 0 Å². The number of benzene rings is 1.